The molecule has 1 aromatic carbocycles. The number of hydrogen-bond donors (Lipinski definition) is 1. The molecule has 0 radical (unpaired) electrons. The second-order valence-corrected chi connectivity index (χ2v) is 4.49. The molecule has 0 amide bonds. The minimum atomic E-state index is -0.349. The van der Waals surface area contributed by atoms with Crippen LogP contribution in [0.2, 0.25) is 0 Å². The lowest BCUT2D eigenvalue weighted by Crippen LogP contribution is -2.28. The molecule has 18 heavy (non-hydrogen) atoms. The summed E-state index contributed by atoms with van der Waals surface area (Å²) in [6.07, 6.45) is 1.06. The lowest BCUT2D eigenvalue weighted by atomic mass is 10.1. The van der Waals surface area contributed by atoms with Gasteiger partial charge in [-0.2, -0.15) is 0 Å². The Kier molecular flexibility index (Phi) is 5.09. The highest BCUT2D eigenvalue weighted by atomic mass is 16.6. The zero-order valence-electron chi connectivity index (χ0n) is 11.4. The highest BCUT2D eigenvalue weighted by Gasteiger charge is 2.17. The first kappa shape index (κ1) is 14.4. The van der Waals surface area contributed by atoms with E-state index in [9.17, 15) is 10.1 Å². The topological polar surface area (TPSA) is 58.4 Å². The van der Waals surface area contributed by atoms with Gasteiger partial charge in [0.25, 0.3) is 5.69 Å². The molecule has 1 N–H and O–H groups in total. The molecule has 0 heterocycles. The van der Waals surface area contributed by atoms with Crippen molar-refractivity contribution in [2.45, 2.75) is 32.9 Å². The molecule has 1 rings (SSSR count). The Morgan fingerprint density at radius 3 is 2.67 bits per heavy atom. The highest BCUT2D eigenvalue weighted by molar-refractivity contribution is 5.66. The molecular formula is C13H21N3O2. The quantitative estimate of drug-likeness (QED) is 0.624. The van der Waals surface area contributed by atoms with Crippen molar-refractivity contribution in [3.05, 3.63) is 33.9 Å². The van der Waals surface area contributed by atoms with Crippen LogP contribution in [0.1, 0.15) is 25.8 Å². The second kappa shape index (κ2) is 6.35. The predicted molar refractivity (Wildman–Crippen MR) is 73.9 cm³/mol. The van der Waals surface area contributed by atoms with Crippen molar-refractivity contribution in [1.29, 1.82) is 0 Å². The van der Waals surface area contributed by atoms with Gasteiger partial charge in [-0.05, 0) is 26.0 Å². The van der Waals surface area contributed by atoms with E-state index in [1.54, 1.807) is 13.1 Å². The second-order valence-electron chi connectivity index (χ2n) is 4.49. The van der Waals surface area contributed by atoms with Crippen LogP contribution in [-0.4, -0.2) is 30.0 Å². The fourth-order valence-corrected chi connectivity index (χ4v) is 1.90. The van der Waals surface area contributed by atoms with Crippen molar-refractivity contribution in [3.63, 3.8) is 0 Å². The maximum atomic E-state index is 11.0. The van der Waals surface area contributed by atoms with Crippen LogP contribution in [0.15, 0.2) is 18.2 Å². The largest absolute Gasteiger partial charge is 0.382 e. The molecule has 0 spiro atoms. The van der Waals surface area contributed by atoms with Crippen LogP contribution in [0.4, 0.5) is 11.4 Å². The maximum Gasteiger partial charge on any atom is 0.292 e. The summed E-state index contributed by atoms with van der Waals surface area (Å²) >= 11 is 0. The van der Waals surface area contributed by atoms with E-state index in [2.05, 4.69) is 24.1 Å². The Bertz CT molecular complexity index is 421. The lowest BCUT2D eigenvalue weighted by molar-refractivity contribution is -0.384. The molecule has 0 saturated heterocycles. The van der Waals surface area contributed by atoms with Gasteiger partial charge in [-0.15, -0.1) is 0 Å². The van der Waals surface area contributed by atoms with Gasteiger partial charge in [0.15, 0.2) is 0 Å². The monoisotopic (exact) mass is 251 g/mol. The van der Waals surface area contributed by atoms with Crippen LogP contribution in [0.5, 0.6) is 0 Å². The summed E-state index contributed by atoms with van der Waals surface area (Å²) in [6.45, 7) is 4.98. The van der Waals surface area contributed by atoms with Crippen molar-refractivity contribution in [3.8, 4) is 0 Å². The lowest BCUT2D eigenvalue weighted by Gasteiger charge is -2.24. The van der Waals surface area contributed by atoms with E-state index in [-0.39, 0.29) is 10.6 Å². The van der Waals surface area contributed by atoms with Crippen molar-refractivity contribution >= 4 is 11.4 Å². The summed E-state index contributed by atoms with van der Waals surface area (Å²) in [7, 11) is 3.75. The van der Waals surface area contributed by atoms with E-state index >= 15 is 0 Å². The number of benzene rings is 1. The summed E-state index contributed by atoms with van der Waals surface area (Å²) in [5.74, 6) is 0. The van der Waals surface area contributed by atoms with Crippen molar-refractivity contribution < 1.29 is 4.92 Å². The van der Waals surface area contributed by atoms with Gasteiger partial charge in [0, 0.05) is 25.7 Å². The van der Waals surface area contributed by atoms with Gasteiger partial charge in [0.1, 0.15) is 5.69 Å². The minimum Gasteiger partial charge on any atom is -0.382 e. The Balaban J connectivity index is 3.02. The van der Waals surface area contributed by atoms with Crippen LogP contribution >= 0.6 is 0 Å². The zero-order chi connectivity index (χ0) is 13.7. The van der Waals surface area contributed by atoms with Gasteiger partial charge in [0.2, 0.25) is 0 Å². The molecule has 0 bridgehead atoms. The average molecular weight is 251 g/mol. The summed E-state index contributed by atoms with van der Waals surface area (Å²) in [6, 6.07) is 5.64. The molecule has 1 unspecified atom stereocenters. The molecule has 1 aromatic rings. The Morgan fingerprint density at radius 2 is 2.17 bits per heavy atom. The van der Waals surface area contributed by atoms with Gasteiger partial charge >= 0.3 is 0 Å². The van der Waals surface area contributed by atoms with E-state index in [4.69, 9.17) is 0 Å². The number of nitro benzene ring substituents is 1. The van der Waals surface area contributed by atoms with Gasteiger partial charge in [-0.1, -0.05) is 19.1 Å². The molecule has 0 aliphatic heterocycles. The van der Waals surface area contributed by atoms with E-state index in [0.717, 1.165) is 12.0 Å². The fraction of sp³-hybridized carbons (Fsp3) is 0.538. The molecule has 5 heteroatoms. The number of nitrogens with zero attached hydrogens (tertiary/aromatic N) is 2. The maximum absolute atomic E-state index is 11.0. The smallest absolute Gasteiger partial charge is 0.292 e. The predicted octanol–water partition coefficient (Wildman–Crippen LogP) is 2.87. The van der Waals surface area contributed by atoms with E-state index in [1.807, 2.05) is 13.1 Å². The third-order valence-electron chi connectivity index (χ3n) is 3.34. The molecule has 0 fully saturated rings. The van der Waals surface area contributed by atoms with Crippen LogP contribution < -0.4 is 5.32 Å². The number of para-hydroxylation sites is 1. The van der Waals surface area contributed by atoms with Crippen LogP contribution in [-0.2, 0) is 6.54 Å². The number of anilines is 1. The third kappa shape index (κ3) is 3.20. The number of rotatable bonds is 6. The first-order valence-corrected chi connectivity index (χ1v) is 6.15. The van der Waals surface area contributed by atoms with Crippen LogP contribution in [0.3, 0.4) is 0 Å². The van der Waals surface area contributed by atoms with Crippen molar-refractivity contribution in [2.24, 2.45) is 0 Å². The Hall–Kier alpha value is -1.62. The van der Waals surface area contributed by atoms with Gasteiger partial charge in [-0.3, -0.25) is 15.0 Å². The zero-order valence-corrected chi connectivity index (χ0v) is 11.4. The molecular weight excluding hydrogens is 230 g/mol. The molecule has 1 atom stereocenters. The summed E-state index contributed by atoms with van der Waals surface area (Å²) in [5.41, 5.74) is 1.69. The summed E-state index contributed by atoms with van der Waals surface area (Å²) in [5, 5.41) is 13.9. The first-order valence-electron chi connectivity index (χ1n) is 6.15. The third-order valence-corrected chi connectivity index (χ3v) is 3.34. The molecule has 0 aromatic heterocycles. The Morgan fingerprint density at radius 1 is 1.50 bits per heavy atom. The SMILES string of the molecule is CCC(C)N(C)Cc1cccc([N+](=O)[O-])c1NC. The fourth-order valence-electron chi connectivity index (χ4n) is 1.90. The standard InChI is InChI=1S/C13H21N3O2/c1-5-10(2)15(4)9-11-7-6-8-12(16(17)18)13(11)14-3/h6-8,10,14H,5,9H2,1-4H3. The summed E-state index contributed by atoms with van der Waals surface area (Å²) < 4.78 is 0. The molecule has 0 aliphatic rings. The number of nitrogens with one attached hydrogen (secondary N) is 1. The average Bonchev–Trinajstić information content (AvgIpc) is 2.37. The van der Waals surface area contributed by atoms with Gasteiger partial charge in [-0.25, -0.2) is 0 Å². The number of hydrogen-bond acceptors (Lipinski definition) is 4. The van der Waals surface area contributed by atoms with E-state index in [0.29, 0.717) is 18.3 Å². The van der Waals surface area contributed by atoms with Gasteiger partial charge in [0.05, 0.1) is 4.92 Å². The first-order chi connectivity index (χ1) is 8.51. The summed E-state index contributed by atoms with van der Waals surface area (Å²) in [4.78, 5) is 12.8. The van der Waals surface area contributed by atoms with E-state index in [1.165, 1.54) is 6.07 Å². The number of nitro groups is 1. The molecule has 5 nitrogen and oxygen atoms in total. The van der Waals surface area contributed by atoms with Crippen LogP contribution in [0.25, 0.3) is 0 Å². The highest BCUT2D eigenvalue weighted by Crippen LogP contribution is 2.28. The molecule has 100 valence electrons. The van der Waals surface area contributed by atoms with Gasteiger partial charge < -0.3 is 5.32 Å². The van der Waals surface area contributed by atoms with Crippen LogP contribution in [0, 0.1) is 10.1 Å². The van der Waals surface area contributed by atoms with Crippen molar-refractivity contribution in [1.82, 2.24) is 4.90 Å². The normalized spacial score (nSPS) is 12.5. The molecule has 0 aliphatic carbocycles. The minimum absolute atomic E-state index is 0.132. The van der Waals surface area contributed by atoms with E-state index < -0.39 is 0 Å². The Labute approximate surface area is 108 Å². The van der Waals surface area contributed by atoms with Crippen molar-refractivity contribution in [2.75, 3.05) is 19.4 Å². The molecule has 0 saturated carbocycles.